The number of ether oxygens (including phenoxy) is 2. The zero-order chi connectivity index (χ0) is 26.2. The summed E-state index contributed by atoms with van der Waals surface area (Å²) >= 11 is 7.35. The van der Waals surface area contributed by atoms with Crippen molar-refractivity contribution in [1.82, 2.24) is 0 Å². The molecule has 3 rings (SSSR count). The topological polar surface area (TPSA) is 128 Å². The normalized spacial score (nSPS) is 15.4. The number of nitro groups is 1. The number of carbonyl (C=O) groups excluding carboxylic acids is 2. The van der Waals surface area contributed by atoms with Crippen LogP contribution in [0.2, 0.25) is 5.02 Å². The number of esters is 1. The second-order valence-electron chi connectivity index (χ2n) is 7.52. The minimum Gasteiger partial charge on any atom is -0.506 e. The first kappa shape index (κ1) is 27.0. The third kappa shape index (κ3) is 6.73. The number of benzene rings is 2. The lowest BCUT2D eigenvalue weighted by atomic mass is 10.1. The molecular formula is C25H23ClN2O7S. The molecule has 1 N–H and O–H groups in total. The number of halogens is 1. The van der Waals surface area contributed by atoms with Crippen molar-refractivity contribution in [3.63, 3.8) is 0 Å². The smallest absolute Gasteiger partial charge is 0.344 e. The van der Waals surface area contributed by atoms with E-state index < -0.39 is 16.8 Å². The molecule has 0 saturated heterocycles. The summed E-state index contributed by atoms with van der Waals surface area (Å²) in [5, 5.41) is 22.0. The molecular weight excluding hydrogens is 508 g/mol. The van der Waals surface area contributed by atoms with E-state index in [2.05, 4.69) is 4.99 Å². The zero-order valence-corrected chi connectivity index (χ0v) is 21.1. The van der Waals surface area contributed by atoms with Crippen LogP contribution in [-0.4, -0.2) is 33.6 Å². The minimum atomic E-state index is -0.767. The summed E-state index contributed by atoms with van der Waals surface area (Å²) in [6, 6.07) is 11.0. The Bertz CT molecular complexity index is 1290. The molecule has 1 heterocycles. The van der Waals surface area contributed by atoms with Gasteiger partial charge < -0.3 is 14.6 Å². The van der Waals surface area contributed by atoms with Crippen molar-refractivity contribution in [1.29, 1.82) is 0 Å². The van der Waals surface area contributed by atoms with Crippen molar-refractivity contribution in [3.8, 4) is 5.75 Å². The van der Waals surface area contributed by atoms with Gasteiger partial charge in [0.05, 0.1) is 21.5 Å². The number of carbonyl (C=O) groups is 2. The molecule has 0 aliphatic carbocycles. The summed E-state index contributed by atoms with van der Waals surface area (Å²) < 4.78 is 10.7. The fraction of sp³-hybridized carbons (Fsp3) is 0.240. The number of nitrogens with zero attached hydrogens (tertiary/aromatic N) is 2. The van der Waals surface area contributed by atoms with Crippen LogP contribution in [0.25, 0.3) is 6.08 Å². The highest BCUT2D eigenvalue weighted by molar-refractivity contribution is 8.18. The maximum atomic E-state index is 12.4. The van der Waals surface area contributed by atoms with Crippen LogP contribution in [0.5, 0.6) is 5.75 Å². The lowest BCUT2D eigenvalue weighted by Crippen LogP contribution is -2.14. The molecule has 0 radical (unpaired) electrons. The number of amides is 1. The van der Waals surface area contributed by atoms with Gasteiger partial charge in [-0.2, -0.15) is 0 Å². The van der Waals surface area contributed by atoms with Crippen molar-refractivity contribution in [2.24, 2.45) is 4.99 Å². The average molecular weight is 531 g/mol. The van der Waals surface area contributed by atoms with Crippen LogP contribution in [0.3, 0.4) is 0 Å². The van der Waals surface area contributed by atoms with Gasteiger partial charge in [0.25, 0.3) is 5.69 Å². The number of non-ortho nitro benzene ring substituents is 1. The number of hydrogen-bond acceptors (Lipinski definition) is 8. The average Bonchev–Trinajstić information content (AvgIpc) is 3.13. The van der Waals surface area contributed by atoms with E-state index in [0.29, 0.717) is 28.2 Å². The molecule has 0 saturated carbocycles. The minimum absolute atomic E-state index is 0.0346. The SMILES string of the molecule is CCCC(=O)N=C1S/C(=C\c2ccc(OCc3cccc([N+](=O)[O-])c3)c(Cl)c2)C(O)=C1C(=O)OCC. The molecule has 1 amide bonds. The Kier molecular flexibility index (Phi) is 9.26. The summed E-state index contributed by atoms with van der Waals surface area (Å²) in [6.45, 7) is 3.66. The molecule has 0 atom stereocenters. The lowest BCUT2D eigenvalue weighted by Gasteiger charge is -2.09. The summed E-state index contributed by atoms with van der Waals surface area (Å²) in [7, 11) is 0. The predicted molar refractivity (Wildman–Crippen MR) is 138 cm³/mol. The summed E-state index contributed by atoms with van der Waals surface area (Å²) in [6.07, 6.45) is 2.41. The Labute approximate surface area is 216 Å². The zero-order valence-electron chi connectivity index (χ0n) is 19.5. The molecule has 1 aliphatic heterocycles. The van der Waals surface area contributed by atoms with E-state index >= 15 is 0 Å². The third-order valence-electron chi connectivity index (χ3n) is 4.83. The number of nitro benzene ring substituents is 1. The van der Waals surface area contributed by atoms with E-state index in [9.17, 15) is 24.8 Å². The Balaban J connectivity index is 1.82. The Hall–Kier alpha value is -3.63. The van der Waals surface area contributed by atoms with Crippen molar-refractivity contribution in [3.05, 3.63) is 85.0 Å². The molecule has 0 spiro atoms. The molecule has 188 valence electrons. The number of aliphatic hydroxyl groups excluding tert-OH is 1. The first-order valence-corrected chi connectivity index (χ1v) is 12.2. The van der Waals surface area contributed by atoms with Gasteiger partial charge in [0.1, 0.15) is 28.7 Å². The Morgan fingerprint density at radius 3 is 2.67 bits per heavy atom. The number of rotatable bonds is 9. The van der Waals surface area contributed by atoms with E-state index in [4.69, 9.17) is 21.1 Å². The third-order valence-corrected chi connectivity index (χ3v) is 6.15. The predicted octanol–water partition coefficient (Wildman–Crippen LogP) is 6.02. The summed E-state index contributed by atoms with van der Waals surface area (Å²) in [5.41, 5.74) is 1.02. The highest BCUT2D eigenvalue weighted by Crippen LogP contribution is 2.40. The van der Waals surface area contributed by atoms with Crippen LogP contribution in [-0.2, 0) is 20.9 Å². The van der Waals surface area contributed by atoms with Gasteiger partial charge in [-0.1, -0.05) is 48.5 Å². The maximum absolute atomic E-state index is 12.4. The van der Waals surface area contributed by atoms with E-state index in [1.54, 1.807) is 43.3 Å². The number of thioether (sulfide) groups is 1. The van der Waals surface area contributed by atoms with Gasteiger partial charge in [-0.3, -0.25) is 14.9 Å². The van der Waals surface area contributed by atoms with Gasteiger partial charge in [0, 0.05) is 18.6 Å². The second kappa shape index (κ2) is 12.4. The quantitative estimate of drug-likeness (QED) is 0.237. The van der Waals surface area contributed by atoms with E-state index in [-0.39, 0.29) is 46.7 Å². The van der Waals surface area contributed by atoms with Crippen molar-refractivity contribution in [2.45, 2.75) is 33.3 Å². The maximum Gasteiger partial charge on any atom is 0.344 e. The molecule has 2 aromatic carbocycles. The van der Waals surface area contributed by atoms with E-state index in [0.717, 1.165) is 11.8 Å². The monoisotopic (exact) mass is 530 g/mol. The molecule has 2 aromatic rings. The van der Waals surface area contributed by atoms with Crippen LogP contribution in [0.4, 0.5) is 5.69 Å². The molecule has 11 heteroatoms. The number of aliphatic imine (C=N–C) groups is 1. The molecule has 0 aromatic heterocycles. The Morgan fingerprint density at radius 2 is 2.00 bits per heavy atom. The Morgan fingerprint density at radius 1 is 1.22 bits per heavy atom. The van der Waals surface area contributed by atoms with Crippen molar-refractivity contribution < 1.29 is 29.1 Å². The fourth-order valence-corrected chi connectivity index (χ4v) is 4.45. The van der Waals surface area contributed by atoms with Gasteiger partial charge in [-0.05, 0) is 42.7 Å². The molecule has 0 unspecified atom stereocenters. The first-order valence-electron chi connectivity index (χ1n) is 11.0. The fourth-order valence-electron chi connectivity index (χ4n) is 3.17. The first-order chi connectivity index (χ1) is 17.2. The second-order valence-corrected chi connectivity index (χ2v) is 8.96. The van der Waals surface area contributed by atoms with Gasteiger partial charge >= 0.3 is 5.97 Å². The molecule has 0 fully saturated rings. The van der Waals surface area contributed by atoms with Crippen molar-refractivity contribution in [2.75, 3.05) is 6.61 Å². The summed E-state index contributed by atoms with van der Waals surface area (Å²) in [5.74, 6) is -1.13. The largest absolute Gasteiger partial charge is 0.506 e. The van der Waals surface area contributed by atoms with Gasteiger partial charge in [0.2, 0.25) is 5.91 Å². The highest BCUT2D eigenvalue weighted by Gasteiger charge is 2.33. The van der Waals surface area contributed by atoms with Crippen molar-refractivity contribution >= 4 is 52.0 Å². The van der Waals surface area contributed by atoms with Crippen LogP contribution >= 0.6 is 23.4 Å². The van der Waals surface area contributed by atoms with Crippen LogP contribution < -0.4 is 4.74 Å². The molecule has 1 aliphatic rings. The van der Waals surface area contributed by atoms with Gasteiger partial charge in [-0.25, -0.2) is 9.79 Å². The molecule has 36 heavy (non-hydrogen) atoms. The highest BCUT2D eigenvalue weighted by atomic mass is 35.5. The van der Waals surface area contributed by atoms with Crippen LogP contribution in [0.1, 0.15) is 37.8 Å². The van der Waals surface area contributed by atoms with Gasteiger partial charge in [-0.15, -0.1) is 0 Å². The van der Waals surface area contributed by atoms with Gasteiger partial charge in [0.15, 0.2) is 0 Å². The van der Waals surface area contributed by atoms with Crippen LogP contribution in [0.15, 0.2) is 63.7 Å². The van der Waals surface area contributed by atoms with E-state index in [1.165, 1.54) is 12.1 Å². The van der Waals surface area contributed by atoms with E-state index in [1.807, 2.05) is 6.92 Å². The summed E-state index contributed by atoms with van der Waals surface area (Å²) in [4.78, 5) is 39.2. The molecule has 0 bridgehead atoms. The number of hydrogen-bond donors (Lipinski definition) is 1. The standard InChI is InChI=1S/C25H23ClN2O7S/c1-3-6-21(29)27-24-22(25(31)34-4-2)23(30)20(36-24)13-15-9-10-19(18(26)12-15)35-14-16-7-5-8-17(11-16)28(32)33/h5,7-13,30H,3-4,6,14H2,1-2H3/b20-13-,27-24?. The number of aliphatic hydroxyl groups is 1. The lowest BCUT2D eigenvalue weighted by molar-refractivity contribution is -0.384. The van der Waals surface area contributed by atoms with Crippen LogP contribution in [0, 0.1) is 10.1 Å². The molecule has 9 nitrogen and oxygen atoms in total.